The van der Waals surface area contributed by atoms with Gasteiger partial charge < -0.3 is 10.1 Å². The van der Waals surface area contributed by atoms with Crippen LogP contribution in [-0.2, 0) is 6.54 Å². The minimum Gasteiger partial charge on any atom is -0.456 e. The average molecular weight is 417 g/mol. The Balaban J connectivity index is 2.11. The Morgan fingerprint density at radius 1 is 1.10 bits per heavy atom. The van der Waals surface area contributed by atoms with E-state index >= 15 is 0 Å². The molecule has 0 aliphatic carbocycles. The number of ether oxygens (including phenoxy) is 1. The van der Waals surface area contributed by atoms with Crippen molar-refractivity contribution in [2.75, 3.05) is 0 Å². The Morgan fingerprint density at radius 2 is 1.86 bits per heavy atom. The lowest BCUT2D eigenvalue weighted by Gasteiger charge is -2.12. The summed E-state index contributed by atoms with van der Waals surface area (Å²) in [7, 11) is 0. The van der Waals surface area contributed by atoms with Crippen molar-refractivity contribution in [2.45, 2.75) is 26.4 Å². The maximum absolute atomic E-state index is 13.2. The number of hydrogen-bond donors (Lipinski definition) is 1. The monoisotopic (exact) mass is 415 g/mol. The molecule has 0 saturated heterocycles. The summed E-state index contributed by atoms with van der Waals surface area (Å²) in [6.45, 7) is 5.02. The fourth-order valence-corrected chi connectivity index (χ4v) is 2.59. The van der Waals surface area contributed by atoms with Crippen LogP contribution in [0.2, 0.25) is 0 Å². The second kappa shape index (κ2) is 7.38. The van der Waals surface area contributed by atoms with Crippen LogP contribution in [0.25, 0.3) is 0 Å². The highest BCUT2D eigenvalue weighted by Crippen LogP contribution is 2.32. The minimum atomic E-state index is -0.309. The standard InChI is InChI=1S/C16H16Br2FNO/c1-10(2)20-9-11-3-6-16(14(18)7-11)21-12-4-5-15(19)13(17)8-12/h3-8,10,20H,9H2,1-2H3. The van der Waals surface area contributed by atoms with E-state index in [9.17, 15) is 4.39 Å². The van der Waals surface area contributed by atoms with Gasteiger partial charge in [-0.25, -0.2) is 4.39 Å². The smallest absolute Gasteiger partial charge is 0.141 e. The Morgan fingerprint density at radius 3 is 2.48 bits per heavy atom. The van der Waals surface area contributed by atoms with E-state index in [0.717, 1.165) is 11.0 Å². The van der Waals surface area contributed by atoms with E-state index in [0.29, 0.717) is 22.0 Å². The van der Waals surface area contributed by atoms with Gasteiger partial charge in [-0.05, 0) is 67.8 Å². The van der Waals surface area contributed by atoms with Crippen LogP contribution in [0.4, 0.5) is 4.39 Å². The second-order valence-corrected chi connectivity index (χ2v) is 6.69. The Labute approximate surface area is 141 Å². The normalized spacial score (nSPS) is 11.0. The van der Waals surface area contributed by atoms with Crippen molar-refractivity contribution in [3.63, 3.8) is 0 Å². The van der Waals surface area contributed by atoms with Gasteiger partial charge in [-0.2, -0.15) is 0 Å². The maximum atomic E-state index is 13.2. The molecule has 0 fully saturated rings. The van der Waals surface area contributed by atoms with Gasteiger partial charge in [0.1, 0.15) is 17.3 Å². The third-order valence-electron chi connectivity index (χ3n) is 2.83. The first kappa shape index (κ1) is 16.5. The molecule has 0 amide bonds. The van der Waals surface area contributed by atoms with Gasteiger partial charge in [-0.3, -0.25) is 0 Å². The van der Waals surface area contributed by atoms with Crippen LogP contribution in [0.5, 0.6) is 11.5 Å². The summed E-state index contributed by atoms with van der Waals surface area (Å²) >= 11 is 6.65. The quantitative estimate of drug-likeness (QED) is 0.680. The summed E-state index contributed by atoms with van der Waals surface area (Å²) < 4.78 is 20.2. The first-order valence-corrected chi connectivity index (χ1v) is 8.19. The second-order valence-electron chi connectivity index (χ2n) is 4.98. The van der Waals surface area contributed by atoms with Gasteiger partial charge >= 0.3 is 0 Å². The number of hydrogen-bond acceptors (Lipinski definition) is 2. The molecule has 0 atom stereocenters. The zero-order valence-electron chi connectivity index (χ0n) is 11.8. The van der Waals surface area contributed by atoms with E-state index in [-0.39, 0.29) is 5.82 Å². The molecular weight excluding hydrogens is 401 g/mol. The SMILES string of the molecule is CC(C)NCc1ccc(Oc2ccc(F)c(Br)c2)c(Br)c1. The van der Waals surface area contributed by atoms with E-state index in [2.05, 4.69) is 51.0 Å². The summed E-state index contributed by atoms with van der Waals surface area (Å²) in [6.07, 6.45) is 0. The molecule has 0 radical (unpaired) electrons. The van der Waals surface area contributed by atoms with Gasteiger partial charge in [0.15, 0.2) is 0 Å². The molecule has 21 heavy (non-hydrogen) atoms. The van der Waals surface area contributed by atoms with Crippen molar-refractivity contribution in [3.8, 4) is 11.5 Å². The Kier molecular flexibility index (Phi) is 5.79. The van der Waals surface area contributed by atoms with Gasteiger partial charge in [0.2, 0.25) is 0 Å². The topological polar surface area (TPSA) is 21.3 Å². The molecule has 2 rings (SSSR count). The van der Waals surface area contributed by atoms with E-state index in [1.807, 2.05) is 18.2 Å². The van der Waals surface area contributed by atoms with Gasteiger partial charge in [-0.15, -0.1) is 0 Å². The lowest BCUT2D eigenvalue weighted by Crippen LogP contribution is -2.21. The predicted molar refractivity (Wildman–Crippen MR) is 90.3 cm³/mol. The number of nitrogens with one attached hydrogen (secondary N) is 1. The van der Waals surface area contributed by atoms with E-state index in [1.54, 1.807) is 12.1 Å². The summed E-state index contributed by atoms with van der Waals surface area (Å²) in [5, 5.41) is 3.36. The maximum Gasteiger partial charge on any atom is 0.141 e. The fraction of sp³-hybridized carbons (Fsp3) is 0.250. The molecule has 2 aromatic carbocycles. The molecule has 0 unspecified atom stereocenters. The van der Waals surface area contributed by atoms with Crippen molar-refractivity contribution >= 4 is 31.9 Å². The summed E-state index contributed by atoms with van der Waals surface area (Å²) in [6, 6.07) is 10.9. The summed E-state index contributed by atoms with van der Waals surface area (Å²) in [4.78, 5) is 0. The number of benzene rings is 2. The number of rotatable bonds is 5. The van der Waals surface area contributed by atoms with Crippen molar-refractivity contribution in [2.24, 2.45) is 0 Å². The first-order chi connectivity index (χ1) is 9.95. The van der Waals surface area contributed by atoms with Crippen molar-refractivity contribution in [3.05, 3.63) is 56.7 Å². The molecule has 5 heteroatoms. The summed E-state index contributed by atoms with van der Waals surface area (Å²) in [5.74, 6) is 0.968. The van der Waals surface area contributed by atoms with Crippen LogP contribution in [0, 0.1) is 5.82 Å². The Bertz CT molecular complexity index is 632. The molecule has 1 N–H and O–H groups in total. The first-order valence-electron chi connectivity index (χ1n) is 6.60. The highest BCUT2D eigenvalue weighted by atomic mass is 79.9. The molecule has 0 saturated carbocycles. The zero-order valence-corrected chi connectivity index (χ0v) is 15.0. The molecule has 0 bridgehead atoms. The highest BCUT2D eigenvalue weighted by molar-refractivity contribution is 9.10. The third-order valence-corrected chi connectivity index (χ3v) is 4.06. The molecule has 0 aromatic heterocycles. The molecule has 0 aliphatic heterocycles. The average Bonchev–Trinajstić information content (AvgIpc) is 2.43. The molecule has 0 aliphatic rings. The lowest BCUT2D eigenvalue weighted by atomic mass is 10.2. The highest BCUT2D eigenvalue weighted by Gasteiger charge is 2.07. The van der Waals surface area contributed by atoms with Crippen LogP contribution in [0.15, 0.2) is 45.3 Å². The van der Waals surface area contributed by atoms with Crippen LogP contribution < -0.4 is 10.1 Å². The molecule has 2 aromatic rings. The van der Waals surface area contributed by atoms with E-state index < -0.39 is 0 Å². The number of halogens is 3. The lowest BCUT2D eigenvalue weighted by molar-refractivity contribution is 0.476. The predicted octanol–water partition coefficient (Wildman–Crippen LogP) is 5.64. The fourth-order valence-electron chi connectivity index (χ4n) is 1.73. The van der Waals surface area contributed by atoms with Crippen LogP contribution in [0.1, 0.15) is 19.4 Å². The molecule has 112 valence electrons. The van der Waals surface area contributed by atoms with E-state index in [1.165, 1.54) is 11.6 Å². The van der Waals surface area contributed by atoms with Crippen LogP contribution in [-0.4, -0.2) is 6.04 Å². The summed E-state index contributed by atoms with van der Waals surface area (Å²) in [5.41, 5.74) is 1.17. The molecule has 0 heterocycles. The van der Waals surface area contributed by atoms with Gasteiger partial charge in [-0.1, -0.05) is 19.9 Å². The van der Waals surface area contributed by atoms with Gasteiger partial charge in [0.05, 0.1) is 8.95 Å². The van der Waals surface area contributed by atoms with Crippen LogP contribution >= 0.6 is 31.9 Å². The van der Waals surface area contributed by atoms with Crippen LogP contribution in [0.3, 0.4) is 0 Å². The van der Waals surface area contributed by atoms with E-state index in [4.69, 9.17) is 4.74 Å². The minimum absolute atomic E-state index is 0.309. The largest absolute Gasteiger partial charge is 0.456 e. The van der Waals surface area contributed by atoms with Gasteiger partial charge in [0.25, 0.3) is 0 Å². The van der Waals surface area contributed by atoms with Gasteiger partial charge in [0, 0.05) is 12.6 Å². The molecule has 2 nitrogen and oxygen atoms in total. The van der Waals surface area contributed by atoms with Crippen molar-refractivity contribution in [1.29, 1.82) is 0 Å². The van der Waals surface area contributed by atoms with Crippen molar-refractivity contribution < 1.29 is 9.13 Å². The van der Waals surface area contributed by atoms with Crippen molar-refractivity contribution in [1.82, 2.24) is 5.32 Å². The third kappa shape index (κ3) is 4.80. The zero-order chi connectivity index (χ0) is 15.4. The Hall–Kier alpha value is -0.910. The molecular formula is C16H16Br2FNO. The molecule has 0 spiro atoms.